The van der Waals surface area contributed by atoms with E-state index in [-0.39, 0.29) is 0 Å². The van der Waals surface area contributed by atoms with Crippen molar-refractivity contribution in [3.63, 3.8) is 0 Å². The minimum absolute atomic E-state index is 0.648. The molecule has 42 heavy (non-hydrogen) atoms. The first-order valence-corrected chi connectivity index (χ1v) is 13.6. The highest BCUT2D eigenvalue weighted by Crippen LogP contribution is 2.36. The van der Waals surface area contributed by atoms with E-state index in [9.17, 15) is 0 Å². The molecular formula is C30H18B4O8. The van der Waals surface area contributed by atoms with Crippen LogP contribution in [-0.2, 0) is 0 Å². The standard InChI is InChI=1S/C30H18B4O8/c1-2-10-24-23(9-1)35-31(36-24)19-17-21(33-39-27-13-5-6-14-28(27)40-33)22(34-41-29-15-7-8-16-30(29)42-34)18-20(19)32-37-25-11-3-4-12-26(25)38-32/h1-18H. The number of hydrogen-bond acceptors (Lipinski definition) is 8. The van der Waals surface area contributed by atoms with Gasteiger partial charge in [-0.2, -0.15) is 0 Å². The molecule has 5 aromatic carbocycles. The monoisotopic (exact) mass is 550 g/mol. The SMILES string of the molecule is c1ccc2c(c1)OB(c1cc(B3Oc4ccccc4O3)c(B3Oc4ccccc4O3)cc1B1Oc3ccccc3O1)O2. The first-order valence-electron chi connectivity index (χ1n) is 13.6. The van der Waals surface area contributed by atoms with E-state index in [0.29, 0.717) is 67.8 Å². The number of para-hydroxylation sites is 8. The van der Waals surface area contributed by atoms with Gasteiger partial charge in [-0.3, -0.25) is 0 Å². The fourth-order valence-corrected chi connectivity index (χ4v) is 5.59. The van der Waals surface area contributed by atoms with Crippen LogP contribution in [0.25, 0.3) is 0 Å². The number of rotatable bonds is 4. The summed E-state index contributed by atoms with van der Waals surface area (Å²) in [5.41, 5.74) is 2.78. The average molecular weight is 550 g/mol. The Morgan fingerprint density at radius 3 is 0.595 bits per heavy atom. The third-order valence-corrected chi connectivity index (χ3v) is 7.57. The van der Waals surface area contributed by atoms with Crippen molar-refractivity contribution in [2.24, 2.45) is 0 Å². The summed E-state index contributed by atoms with van der Waals surface area (Å²) in [4.78, 5) is 0. The molecule has 0 aliphatic carbocycles. The molecule has 0 amide bonds. The van der Waals surface area contributed by atoms with Crippen molar-refractivity contribution in [3.05, 3.63) is 109 Å². The first-order chi connectivity index (χ1) is 20.8. The molecule has 0 fully saturated rings. The molecule has 4 aliphatic rings. The van der Waals surface area contributed by atoms with Gasteiger partial charge in [0.05, 0.1) is 0 Å². The zero-order chi connectivity index (χ0) is 27.6. The third-order valence-electron chi connectivity index (χ3n) is 7.57. The van der Waals surface area contributed by atoms with E-state index < -0.39 is 28.5 Å². The van der Waals surface area contributed by atoms with E-state index in [4.69, 9.17) is 37.2 Å². The number of benzene rings is 5. The van der Waals surface area contributed by atoms with Crippen LogP contribution < -0.4 is 59.1 Å². The van der Waals surface area contributed by atoms with Gasteiger partial charge in [0.15, 0.2) is 0 Å². The lowest BCUT2D eigenvalue weighted by molar-refractivity contribution is 0.510. The summed E-state index contributed by atoms with van der Waals surface area (Å²) < 4.78 is 50.3. The van der Waals surface area contributed by atoms with Gasteiger partial charge in [0.1, 0.15) is 46.0 Å². The summed E-state index contributed by atoms with van der Waals surface area (Å²) in [6, 6.07) is 34.1. The van der Waals surface area contributed by atoms with Crippen LogP contribution in [-0.4, -0.2) is 28.5 Å². The first kappa shape index (κ1) is 23.5. The fourth-order valence-electron chi connectivity index (χ4n) is 5.59. The molecule has 0 unspecified atom stereocenters. The molecule has 0 atom stereocenters. The predicted octanol–water partition coefficient (Wildman–Crippen LogP) is 2.35. The minimum atomic E-state index is -0.771. The van der Waals surface area contributed by atoms with Gasteiger partial charge in [0.25, 0.3) is 0 Å². The van der Waals surface area contributed by atoms with E-state index in [0.717, 1.165) is 0 Å². The van der Waals surface area contributed by atoms with Gasteiger partial charge in [0, 0.05) is 21.9 Å². The minimum Gasteiger partial charge on any atom is -0.519 e. The Bertz CT molecular complexity index is 1510. The second-order valence-corrected chi connectivity index (χ2v) is 10.2. The highest BCUT2D eigenvalue weighted by atomic mass is 16.6. The summed E-state index contributed by atoms with van der Waals surface area (Å²) >= 11 is 0. The molecule has 12 heteroatoms. The van der Waals surface area contributed by atoms with Crippen LogP contribution in [0.3, 0.4) is 0 Å². The largest absolute Gasteiger partial charge is 0.632 e. The van der Waals surface area contributed by atoms with Crippen molar-refractivity contribution in [2.45, 2.75) is 0 Å². The molecule has 0 saturated heterocycles. The van der Waals surface area contributed by atoms with Crippen LogP contribution in [0.15, 0.2) is 109 Å². The molecule has 8 nitrogen and oxygen atoms in total. The van der Waals surface area contributed by atoms with E-state index in [1.54, 1.807) is 0 Å². The van der Waals surface area contributed by atoms with Gasteiger partial charge in [-0.1, -0.05) is 60.7 Å². The Morgan fingerprint density at radius 1 is 0.262 bits per heavy atom. The normalized spacial score (nSPS) is 15.0. The Morgan fingerprint density at radius 2 is 0.429 bits per heavy atom. The van der Waals surface area contributed by atoms with Gasteiger partial charge in [-0.15, -0.1) is 0 Å². The molecule has 4 heterocycles. The molecule has 0 bridgehead atoms. The van der Waals surface area contributed by atoms with Crippen LogP contribution in [0.1, 0.15) is 0 Å². The van der Waals surface area contributed by atoms with Gasteiger partial charge in [0.2, 0.25) is 0 Å². The second kappa shape index (κ2) is 9.14. The molecule has 198 valence electrons. The Kier molecular flexibility index (Phi) is 5.11. The molecule has 5 aromatic rings. The van der Waals surface area contributed by atoms with Gasteiger partial charge < -0.3 is 37.2 Å². The van der Waals surface area contributed by atoms with Crippen molar-refractivity contribution < 1.29 is 37.2 Å². The maximum atomic E-state index is 6.29. The number of fused-ring (bicyclic) bond motifs is 4. The molecule has 4 aliphatic heterocycles. The predicted molar refractivity (Wildman–Crippen MR) is 159 cm³/mol. The topological polar surface area (TPSA) is 73.8 Å². The number of hydrogen-bond donors (Lipinski definition) is 0. The zero-order valence-corrected chi connectivity index (χ0v) is 22.0. The summed E-state index contributed by atoms with van der Waals surface area (Å²) in [6.07, 6.45) is 0. The Balaban J connectivity index is 1.19. The van der Waals surface area contributed by atoms with Crippen LogP contribution in [0.2, 0.25) is 0 Å². The maximum Gasteiger partial charge on any atom is 0.632 e. The third kappa shape index (κ3) is 3.75. The van der Waals surface area contributed by atoms with Gasteiger partial charge in [-0.05, 0) is 48.5 Å². The molecule has 0 aromatic heterocycles. The lowest BCUT2D eigenvalue weighted by Crippen LogP contribution is -2.64. The van der Waals surface area contributed by atoms with Crippen LogP contribution in [0.4, 0.5) is 0 Å². The maximum absolute atomic E-state index is 6.29. The van der Waals surface area contributed by atoms with Crippen molar-refractivity contribution >= 4 is 50.3 Å². The fraction of sp³-hybridized carbons (Fsp3) is 0. The molecular weight excluding hydrogens is 532 g/mol. The summed E-state index contributed by atoms with van der Waals surface area (Å²) in [5, 5.41) is 0. The molecule has 0 spiro atoms. The smallest absolute Gasteiger partial charge is 0.519 e. The summed E-state index contributed by atoms with van der Waals surface area (Å²) in [6.45, 7) is 0. The van der Waals surface area contributed by atoms with E-state index >= 15 is 0 Å². The highest BCUT2D eigenvalue weighted by molar-refractivity contribution is 6.81. The van der Waals surface area contributed by atoms with Crippen LogP contribution >= 0.6 is 0 Å². The average Bonchev–Trinajstić information content (AvgIpc) is 3.83. The Hall–Kier alpha value is -5.24. The van der Waals surface area contributed by atoms with E-state index in [2.05, 4.69) is 0 Å². The van der Waals surface area contributed by atoms with Crippen molar-refractivity contribution in [1.82, 2.24) is 0 Å². The second-order valence-electron chi connectivity index (χ2n) is 10.2. The van der Waals surface area contributed by atoms with Crippen molar-refractivity contribution in [1.29, 1.82) is 0 Å². The molecule has 0 saturated carbocycles. The van der Waals surface area contributed by atoms with Crippen LogP contribution in [0.5, 0.6) is 46.0 Å². The molecule has 9 rings (SSSR count). The summed E-state index contributed by atoms with van der Waals surface area (Å²) in [7, 11) is -3.08. The Labute approximate surface area is 242 Å². The van der Waals surface area contributed by atoms with Crippen molar-refractivity contribution in [3.8, 4) is 46.0 Å². The van der Waals surface area contributed by atoms with E-state index in [1.165, 1.54) is 0 Å². The zero-order valence-electron chi connectivity index (χ0n) is 22.0. The highest BCUT2D eigenvalue weighted by Gasteiger charge is 2.49. The van der Waals surface area contributed by atoms with Crippen molar-refractivity contribution in [2.75, 3.05) is 0 Å². The molecule has 0 N–H and O–H groups in total. The summed E-state index contributed by atoms with van der Waals surface area (Å²) in [5.74, 6) is 5.18. The molecule has 0 radical (unpaired) electrons. The van der Waals surface area contributed by atoms with Gasteiger partial charge in [-0.25, -0.2) is 0 Å². The van der Waals surface area contributed by atoms with Gasteiger partial charge >= 0.3 is 28.5 Å². The quantitative estimate of drug-likeness (QED) is 0.317. The lowest BCUT2D eigenvalue weighted by Gasteiger charge is -2.19. The lowest BCUT2D eigenvalue weighted by atomic mass is 9.56. The van der Waals surface area contributed by atoms with Crippen LogP contribution in [0, 0.1) is 0 Å². The van der Waals surface area contributed by atoms with E-state index in [1.807, 2.05) is 109 Å².